The zero-order valence-corrected chi connectivity index (χ0v) is 16.3. The number of rotatable bonds is 4. The van der Waals surface area contributed by atoms with Crippen molar-refractivity contribution in [2.45, 2.75) is 57.3 Å². The number of urea groups is 1. The van der Waals surface area contributed by atoms with E-state index in [2.05, 4.69) is 17.6 Å². The number of hydrogen-bond donors (Lipinski definition) is 2. The molecule has 1 saturated heterocycles. The van der Waals surface area contributed by atoms with Crippen LogP contribution in [0.4, 0.5) is 18.0 Å². The number of carbonyl (C=O) groups is 3. The van der Waals surface area contributed by atoms with Crippen LogP contribution in [0.2, 0.25) is 0 Å². The lowest BCUT2D eigenvalue weighted by molar-refractivity contribution is -0.140. The monoisotopic (exact) mass is 411 g/mol. The van der Waals surface area contributed by atoms with Crippen LogP contribution in [0.1, 0.15) is 50.7 Å². The fourth-order valence-corrected chi connectivity index (χ4v) is 4.01. The van der Waals surface area contributed by atoms with Gasteiger partial charge in [-0.25, -0.2) is 4.79 Å². The van der Waals surface area contributed by atoms with Crippen molar-refractivity contribution in [3.05, 3.63) is 35.4 Å². The van der Waals surface area contributed by atoms with Crippen LogP contribution in [0.15, 0.2) is 24.3 Å². The number of imide groups is 1. The summed E-state index contributed by atoms with van der Waals surface area (Å²) in [5.41, 5.74) is -3.25. The molecule has 0 unspecified atom stereocenters. The molecular weight excluding hydrogens is 387 g/mol. The molecule has 1 saturated carbocycles. The van der Waals surface area contributed by atoms with E-state index in [1.807, 2.05) is 0 Å². The molecule has 1 aliphatic carbocycles. The molecule has 2 N–H and O–H groups in total. The van der Waals surface area contributed by atoms with Gasteiger partial charge in [-0.1, -0.05) is 25.1 Å². The second kappa shape index (κ2) is 7.68. The molecule has 2 aliphatic rings. The van der Waals surface area contributed by atoms with Gasteiger partial charge in [0.1, 0.15) is 12.1 Å². The number of halogens is 3. The molecule has 1 aliphatic heterocycles. The van der Waals surface area contributed by atoms with Crippen molar-refractivity contribution in [3.8, 4) is 0 Å². The maximum absolute atomic E-state index is 13.4. The van der Waals surface area contributed by atoms with E-state index in [0.29, 0.717) is 10.8 Å². The highest BCUT2D eigenvalue weighted by molar-refractivity contribution is 6.09. The quantitative estimate of drug-likeness (QED) is 0.747. The SMILES string of the molecule is CC1CCC(NC(=O)CN2C(=O)N[C@@](C)(c3ccccc3C(F)(F)F)C2=O)CC1. The summed E-state index contributed by atoms with van der Waals surface area (Å²) in [5.74, 6) is -0.781. The fourth-order valence-electron chi connectivity index (χ4n) is 4.01. The van der Waals surface area contributed by atoms with Crippen LogP contribution in [-0.4, -0.2) is 35.3 Å². The summed E-state index contributed by atoms with van der Waals surface area (Å²) in [6, 6.07) is 3.70. The molecule has 29 heavy (non-hydrogen) atoms. The third-order valence-electron chi connectivity index (χ3n) is 5.73. The predicted molar refractivity (Wildman–Crippen MR) is 98.6 cm³/mol. The van der Waals surface area contributed by atoms with Gasteiger partial charge in [-0.3, -0.25) is 14.5 Å². The van der Waals surface area contributed by atoms with Crippen molar-refractivity contribution in [3.63, 3.8) is 0 Å². The van der Waals surface area contributed by atoms with E-state index in [9.17, 15) is 27.6 Å². The molecule has 0 radical (unpaired) electrons. The van der Waals surface area contributed by atoms with Crippen LogP contribution in [0.25, 0.3) is 0 Å². The Hall–Kier alpha value is -2.58. The van der Waals surface area contributed by atoms with Crippen LogP contribution in [-0.2, 0) is 21.3 Å². The van der Waals surface area contributed by atoms with Crippen molar-refractivity contribution in [1.82, 2.24) is 15.5 Å². The van der Waals surface area contributed by atoms with Gasteiger partial charge in [0.05, 0.1) is 5.56 Å². The molecule has 1 atom stereocenters. The normalized spacial score (nSPS) is 27.7. The summed E-state index contributed by atoms with van der Waals surface area (Å²) < 4.78 is 40.2. The average Bonchev–Trinajstić information content (AvgIpc) is 2.87. The summed E-state index contributed by atoms with van der Waals surface area (Å²) in [5, 5.41) is 5.15. The van der Waals surface area contributed by atoms with Gasteiger partial charge in [0.15, 0.2) is 0 Å². The summed E-state index contributed by atoms with van der Waals surface area (Å²) >= 11 is 0. The zero-order chi connectivity index (χ0) is 21.4. The lowest BCUT2D eigenvalue weighted by Gasteiger charge is -2.28. The molecule has 1 aromatic rings. The molecular formula is C20H24F3N3O3. The molecule has 158 valence electrons. The Kier molecular flexibility index (Phi) is 5.60. The molecule has 0 bridgehead atoms. The first-order valence-electron chi connectivity index (χ1n) is 9.62. The molecule has 1 aromatic carbocycles. The van der Waals surface area contributed by atoms with Crippen LogP contribution in [0.5, 0.6) is 0 Å². The molecule has 0 spiro atoms. The van der Waals surface area contributed by atoms with E-state index >= 15 is 0 Å². The second-order valence-corrected chi connectivity index (χ2v) is 8.01. The lowest BCUT2D eigenvalue weighted by Crippen LogP contribution is -2.46. The summed E-state index contributed by atoms with van der Waals surface area (Å²) in [6.07, 6.45) is -1.07. The highest BCUT2D eigenvalue weighted by Crippen LogP contribution is 2.39. The molecule has 4 amide bonds. The van der Waals surface area contributed by atoms with Gasteiger partial charge in [-0.15, -0.1) is 0 Å². The van der Waals surface area contributed by atoms with Gasteiger partial charge in [0, 0.05) is 6.04 Å². The molecule has 6 nitrogen and oxygen atoms in total. The van der Waals surface area contributed by atoms with E-state index in [1.54, 1.807) is 0 Å². The second-order valence-electron chi connectivity index (χ2n) is 8.01. The summed E-state index contributed by atoms with van der Waals surface area (Å²) in [4.78, 5) is 38.2. The fraction of sp³-hybridized carbons (Fsp3) is 0.550. The maximum Gasteiger partial charge on any atom is 0.416 e. The number of carbonyl (C=O) groups excluding carboxylic acids is 3. The van der Waals surface area contributed by atoms with Crippen molar-refractivity contribution >= 4 is 17.8 Å². The van der Waals surface area contributed by atoms with E-state index < -0.39 is 41.7 Å². The van der Waals surface area contributed by atoms with Crippen LogP contribution in [0, 0.1) is 5.92 Å². The van der Waals surface area contributed by atoms with Crippen molar-refractivity contribution in [2.24, 2.45) is 5.92 Å². The molecule has 0 aromatic heterocycles. The standard InChI is InChI=1S/C20H24F3N3O3/c1-12-7-9-13(10-8-12)24-16(27)11-26-17(28)19(2,25-18(26)29)14-5-3-4-6-15(14)20(21,22)23/h3-6,12-13H,7-11H2,1-2H3,(H,24,27)(H,25,29)/t12?,13?,19-/m0/s1. The third kappa shape index (κ3) is 4.23. The Morgan fingerprint density at radius 1 is 1.21 bits per heavy atom. The summed E-state index contributed by atoms with van der Waals surface area (Å²) in [6.45, 7) is 2.84. The number of benzene rings is 1. The largest absolute Gasteiger partial charge is 0.416 e. The zero-order valence-electron chi connectivity index (χ0n) is 16.3. The van der Waals surface area contributed by atoms with Crippen LogP contribution < -0.4 is 10.6 Å². The summed E-state index contributed by atoms with van der Waals surface area (Å²) in [7, 11) is 0. The minimum atomic E-state index is -4.69. The molecule has 1 heterocycles. The third-order valence-corrected chi connectivity index (χ3v) is 5.73. The Bertz CT molecular complexity index is 819. The Morgan fingerprint density at radius 2 is 1.83 bits per heavy atom. The molecule has 3 rings (SSSR count). The first kappa shape index (κ1) is 21.1. The van der Waals surface area contributed by atoms with E-state index in [1.165, 1.54) is 19.1 Å². The topological polar surface area (TPSA) is 78.5 Å². The van der Waals surface area contributed by atoms with Crippen LogP contribution in [0.3, 0.4) is 0 Å². The molecule has 2 fully saturated rings. The average molecular weight is 411 g/mol. The maximum atomic E-state index is 13.4. The Balaban J connectivity index is 1.75. The van der Waals surface area contributed by atoms with E-state index in [-0.39, 0.29) is 11.6 Å². The first-order valence-corrected chi connectivity index (χ1v) is 9.62. The smallest absolute Gasteiger partial charge is 0.352 e. The van der Waals surface area contributed by atoms with Crippen LogP contribution >= 0.6 is 0 Å². The Labute approximate surface area is 166 Å². The van der Waals surface area contributed by atoms with Gasteiger partial charge < -0.3 is 10.6 Å². The van der Waals surface area contributed by atoms with Crippen molar-refractivity contribution in [1.29, 1.82) is 0 Å². The first-order chi connectivity index (χ1) is 13.5. The van der Waals surface area contributed by atoms with E-state index in [4.69, 9.17) is 0 Å². The number of nitrogens with zero attached hydrogens (tertiary/aromatic N) is 1. The minimum absolute atomic E-state index is 0.0168. The van der Waals surface area contributed by atoms with E-state index in [0.717, 1.165) is 37.8 Å². The van der Waals surface area contributed by atoms with Gasteiger partial charge in [0.25, 0.3) is 5.91 Å². The minimum Gasteiger partial charge on any atom is -0.352 e. The van der Waals surface area contributed by atoms with Gasteiger partial charge in [-0.05, 0) is 50.2 Å². The van der Waals surface area contributed by atoms with Gasteiger partial charge in [-0.2, -0.15) is 13.2 Å². The highest BCUT2D eigenvalue weighted by atomic mass is 19.4. The lowest BCUT2D eigenvalue weighted by atomic mass is 9.87. The number of nitrogens with one attached hydrogen (secondary N) is 2. The molecule has 9 heteroatoms. The van der Waals surface area contributed by atoms with Gasteiger partial charge in [0.2, 0.25) is 5.91 Å². The number of hydrogen-bond acceptors (Lipinski definition) is 3. The number of alkyl halides is 3. The highest BCUT2D eigenvalue weighted by Gasteiger charge is 2.52. The Morgan fingerprint density at radius 3 is 2.45 bits per heavy atom. The van der Waals surface area contributed by atoms with Gasteiger partial charge >= 0.3 is 12.2 Å². The van der Waals surface area contributed by atoms with Crippen molar-refractivity contribution < 1.29 is 27.6 Å². The number of amides is 4. The van der Waals surface area contributed by atoms with Crippen molar-refractivity contribution in [2.75, 3.05) is 6.54 Å². The predicted octanol–water partition coefficient (Wildman–Crippen LogP) is 3.17.